The van der Waals surface area contributed by atoms with E-state index in [1.165, 1.54) is 83.5 Å². The SMILES string of the molecule is CCCCCCCCCCCCCCCC[N+](C)(C)CC([O-])CN1CCN(CC(=O)[O-])CCN(CC(=O)[O-])CCN(CC(=O)[O-])CC1.[Gd+3]. The standard InChI is InChI=1S/C35H69N5O7.Gd/c1-4-5-6-7-8-9-10-11-12-13-14-15-16-17-26-40(2,3)31-32(41)27-36-18-20-37(28-33(42)43)22-24-39(30-35(46)47)25-23-38(21-19-36)29-34(44)45;/h32H,4-31H2,1-3H3,(H,42,43)(H,44,45)(H,46,47);/q;+3/p-3. The Labute approximate surface area is 323 Å². The molecular formula is C35H66GdN5O7. The number of hydrogen-bond donors (Lipinski definition) is 0. The summed E-state index contributed by atoms with van der Waals surface area (Å²) in [4.78, 5) is 41.1. The Morgan fingerprint density at radius 2 is 0.833 bits per heavy atom. The van der Waals surface area contributed by atoms with E-state index in [2.05, 4.69) is 21.0 Å². The number of carboxylic acid groups (broad SMARTS) is 3. The maximum atomic E-state index is 13.3. The largest absolute Gasteiger partial charge is 3.00 e. The van der Waals surface area contributed by atoms with Crippen molar-refractivity contribution in [1.82, 2.24) is 19.6 Å². The number of hydrogen-bond acceptors (Lipinski definition) is 11. The van der Waals surface area contributed by atoms with Crippen molar-refractivity contribution in [2.75, 3.05) is 106 Å². The predicted molar refractivity (Wildman–Crippen MR) is 177 cm³/mol. The summed E-state index contributed by atoms with van der Waals surface area (Å²) in [6.45, 7) is 5.72. The van der Waals surface area contributed by atoms with Crippen LogP contribution in [-0.2, 0) is 14.4 Å². The molecule has 0 spiro atoms. The van der Waals surface area contributed by atoms with Crippen molar-refractivity contribution in [2.45, 2.75) is 103 Å². The molecule has 0 aromatic heterocycles. The third-order valence-corrected chi connectivity index (χ3v) is 9.26. The van der Waals surface area contributed by atoms with Crippen molar-refractivity contribution < 1.29 is 79.2 Å². The van der Waals surface area contributed by atoms with Crippen molar-refractivity contribution in [3.05, 3.63) is 0 Å². The molecule has 48 heavy (non-hydrogen) atoms. The van der Waals surface area contributed by atoms with Gasteiger partial charge in [-0.1, -0.05) is 90.1 Å². The van der Waals surface area contributed by atoms with Gasteiger partial charge in [0.15, 0.2) is 0 Å². The van der Waals surface area contributed by atoms with Crippen LogP contribution in [0.5, 0.6) is 0 Å². The zero-order valence-corrected chi connectivity index (χ0v) is 32.6. The molecule has 1 saturated heterocycles. The molecule has 0 N–H and O–H groups in total. The van der Waals surface area contributed by atoms with E-state index in [-0.39, 0.29) is 79.2 Å². The Bertz CT molecular complexity index is 822. The predicted octanol–water partition coefficient (Wildman–Crippen LogP) is -1.26. The Kier molecular flexibility index (Phi) is 28.8. The molecule has 1 atom stereocenters. The van der Waals surface area contributed by atoms with E-state index in [4.69, 9.17) is 0 Å². The van der Waals surface area contributed by atoms with Crippen molar-refractivity contribution in [3.63, 3.8) is 0 Å². The molecule has 1 aliphatic heterocycles. The molecule has 0 bridgehead atoms. The topological polar surface area (TPSA) is 156 Å². The number of quaternary nitrogens is 1. The van der Waals surface area contributed by atoms with Gasteiger partial charge in [0.05, 0.1) is 45.1 Å². The van der Waals surface area contributed by atoms with E-state index in [1.54, 1.807) is 14.7 Å². The summed E-state index contributed by atoms with van der Waals surface area (Å²) in [5.41, 5.74) is 0. The first-order valence-electron chi connectivity index (χ1n) is 18.4. The van der Waals surface area contributed by atoms with Gasteiger partial charge in [0.1, 0.15) is 0 Å². The first-order valence-corrected chi connectivity index (χ1v) is 18.4. The van der Waals surface area contributed by atoms with Crippen LogP contribution in [0.25, 0.3) is 0 Å². The Hall–Kier alpha value is -0.505. The molecule has 1 radical (unpaired) electrons. The molecule has 1 aliphatic rings. The minimum Gasteiger partial charge on any atom is -0.847 e. The molecule has 0 amide bonds. The summed E-state index contributed by atoms with van der Waals surface area (Å²) < 4.78 is 0.641. The Morgan fingerprint density at radius 1 is 0.542 bits per heavy atom. The van der Waals surface area contributed by atoms with Gasteiger partial charge in [0.2, 0.25) is 0 Å². The fraction of sp³-hybridized carbons (Fsp3) is 0.914. The summed E-state index contributed by atoms with van der Waals surface area (Å²) in [7, 11) is 4.20. The number of carboxylic acids is 3. The van der Waals surface area contributed by atoms with Crippen LogP contribution in [0.15, 0.2) is 0 Å². The van der Waals surface area contributed by atoms with Gasteiger partial charge in [-0.15, -0.1) is 0 Å². The molecule has 281 valence electrons. The van der Waals surface area contributed by atoms with E-state index in [1.807, 2.05) is 4.90 Å². The van der Waals surface area contributed by atoms with Crippen LogP contribution in [0.2, 0.25) is 0 Å². The van der Waals surface area contributed by atoms with Gasteiger partial charge >= 0.3 is 39.9 Å². The van der Waals surface area contributed by atoms with Crippen LogP contribution in [-0.4, -0.2) is 154 Å². The van der Waals surface area contributed by atoms with Gasteiger partial charge in [-0.3, -0.25) is 14.7 Å². The zero-order chi connectivity index (χ0) is 34.9. The van der Waals surface area contributed by atoms with E-state index < -0.39 is 24.0 Å². The number of nitrogens with zero attached hydrogens (tertiary/aromatic N) is 5. The molecule has 1 rings (SSSR count). The smallest absolute Gasteiger partial charge is 0.847 e. The number of unbranched alkanes of at least 4 members (excludes halogenated alkanes) is 13. The number of carbonyl (C=O) groups is 3. The van der Waals surface area contributed by atoms with Crippen LogP contribution in [0.4, 0.5) is 0 Å². The second kappa shape index (κ2) is 29.1. The third kappa shape index (κ3) is 27.2. The maximum Gasteiger partial charge on any atom is 3.00 e. The Morgan fingerprint density at radius 3 is 1.15 bits per heavy atom. The first kappa shape index (κ1) is 47.5. The van der Waals surface area contributed by atoms with Crippen LogP contribution in [0.1, 0.15) is 96.8 Å². The Balaban J connectivity index is 0.0000221. The fourth-order valence-corrected chi connectivity index (χ4v) is 6.51. The van der Waals surface area contributed by atoms with Gasteiger partial charge in [0, 0.05) is 72.0 Å². The molecule has 12 nitrogen and oxygen atoms in total. The quantitative estimate of drug-likeness (QED) is 0.0801. The zero-order valence-electron chi connectivity index (χ0n) is 30.3. The van der Waals surface area contributed by atoms with Crippen molar-refractivity contribution in [1.29, 1.82) is 0 Å². The van der Waals surface area contributed by atoms with Gasteiger partial charge in [-0.2, -0.15) is 0 Å². The number of carbonyl (C=O) groups excluding carboxylic acids is 3. The van der Waals surface area contributed by atoms with Crippen LogP contribution < -0.4 is 20.4 Å². The van der Waals surface area contributed by atoms with Crippen molar-refractivity contribution in [3.8, 4) is 0 Å². The number of rotatable bonds is 25. The summed E-state index contributed by atoms with van der Waals surface area (Å²) >= 11 is 0. The molecule has 1 heterocycles. The summed E-state index contributed by atoms with van der Waals surface area (Å²) in [5.74, 6) is -3.70. The van der Waals surface area contributed by atoms with E-state index in [0.717, 1.165) is 13.0 Å². The van der Waals surface area contributed by atoms with Gasteiger partial charge < -0.3 is 44.2 Å². The fourth-order valence-electron chi connectivity index (χ4n) is 6.51. The molecule has 1 unspecified atom stereocenters. The van der Waals surface area contributed by atoms with Crippen molar-refractivity contribution in [2.24, 2.45) is 0 Å². The maximum absolute atomic E-state index is 13.3. The average Bonchev–Trinajstić information content (AvgIpc) is 2.97. The minimum absolute atomic E-state index is 0. The van der Waals surface area contributed by atoms with Crippen LogP contribution >= 0.6 is 0 Å². The van der Waals surface area contributed by atoms with E-state index in [9.17, 15) is 34.8 Å². The van der Waals surface area contributed by atoms with Gasteiger partial charge in [0.25, 0.3) is 0 Å². The summed E-state index contributed by atoms with van der Waals surface area (Å²) in [6.07, 6.45) is 17.5. The molecule has 0 aromatic rings. The number of aliphatic carboxylic acids is 3. The monoisotopic (exact) mass is 826 g/mol. The first-order chi connectivity index (χ1) is 22.4. The second-order valence-corrected chi connectivity index (χ2v) is 14.3. The molecule has 0 aromatic carbocycles. The van der Waals surface area contributed by atoms with Crippen LogP contribution in [0.3, 0.4) is 0 Å². The second-order valence-electron chi connectivity index (χ2n) is 14.3. The molecule has 13 heteroatoms. The molecular weight excluding hydrogens is 760 g/mol. The van der Waals surface area contributed by atoms with E-state index >= 15 is 0 Å². The molecule has 0 saturated carbocycles. The number of likely N-dealkylation sites (N-methyl/N-ethyl adjacent to an activating group) is 1. The van der Waals surface area contributed by atoms with Crippen molar-refractivity contribution >= 4 is 17.9 Å². The average molecular weight is 826 g/mol. The van der Waals surface area contributed by atoms with Gasteiger partial charge in [-0.25, -0.2) is 0 Å². The summed E-state index contributed by atoms with van der Waals surface area (Å²) in [5, 5.41) is 47.4. The van der Waals surface area contributed by atoms with Crippen LogP contribution in [0, 0.1) is 39.9 Å². The minimum atomic E-state index is -1.26. The van der Waals surface area contributed by atoms with E-state index in [0.29, 0.717) is 50.3 Å². The summed E-state index contributed by atoms with van der Waals surface area (Å²) in [6, 6.07) is 0. The van der Waals surface area contributed by atoms with Gasteiger partial charge in [-0.05, 0) is 19.4 Å². The third-order valence-electron chi connectivity index (χ3n) is 9.26. The normalized spacial score (nSPS) is 17.2. The molecule has 1 fully saturated rings. The molecule has 0 aliphatic carbocycles.